The Morgan fingerprint density at radius 2 is 1.93 bits per heavy atom. The Morgan fingerprint density at radius 3 is 2.62 bits per heavy atom. The molecular formula is C19H17BrN4O5. The van der Waals surface area contributed by atoms with Crippen LogP contribution in [0.15, 0.2) is 45.2 Å². The summed E-state index contributed by atoms with van der Waals surface area (Å²) in [6.07, 6.45) is 3.27. The number of H-pyrrole nitrogens is 1. The fraction of sp³-hybridized carbons (Fsp3) is 0.263. The quantitative estimate of drug-likeness (QED) is 0.510. The molecule has 0 spiro atoms. The number of amides is 2. The van der Waals surface area contributed by atoms with Gasteiger partial charge in [0.15, 0.2) is 0 Å². The van der Waals surface area contributed by atoms with Crippen LogP contribution in [0.1, 0.15) is 33.7 Å². The first kappa shape index (κ1) is 19.3. The van der Waals surface area contributed by atoms with Gasteiger partial charge in [-0.1, -0.05) is 0 Å². The van der Waals surface area contributed by atoms with E-state index in [4.69, 9.17) is 4.74 Å². The number of aromatic hydroxyl groups is 2. The van der Waals surface area contributed by atoms with Crippen LogP contribution in [0.25, 0.3) is 10.8 Å². The smallest absolute Gasteiger partial charge is 0.311 e. The lowest BCUT2D eigenvalue weighted by Gasteiger charge is -2.12. The maximum atomic E-state index is 12.3. The third-order valence-electron chi connectivity index (χ3n) is 4.78. The molecule has 1 atom stereocenters. The molecule has 1 saturated heterocycles. The summed E-state index contributed by atoms with van der Waals surface area (Å²) in [7, 11) is 0. The number of benzene rings is 1. The van der Waals surface area contributed by atoms with Gasteiger partial charge in [0.25, 0.3) is 5.91 Å². The number of nitrogens with zero attached hydrogens (tertiary/aromatic N) is 3. The minimum Gasteiger partial charge on any atom is -0.494 e. The van der Waals surface area contributed by atoms with E-state index >= 15 is 0 Å². The summed E-state index contributed by atoms with van der Waals surface area (Å²) < 4.78 is 7.60. The Labute approximate surface area is 173 Å². The number of hydrogen-bond donors (Lipinski definition) is 3. The van der Waals surface area contributed by atoms with Crippen molar-refractivity contribution in [1.29, 1.82) is 0 Å². The zero-order chi connectivity index (χ0) is 20.5. The van der Waals surface area contributed by atoms with Gasteiger partial charge in [-0.25, -0.2) is 0 Å². The Balaban J connectivity index is 1.57. The lowest BCUT2D eigenvalue weighted by Crippen LogP contribution is -2.14. The SMILES string of the molecule is O=C(N=NC(=O)c1cc(Br)c[nH]1)c1ccc2c(O)n(CC3CCCO3)c(O)c2c1. The second-order valence-corrected chi connectivity index (χ2v) is 7.61. The van der Waals surface area contributed by atoms with Gasteiger partial charge in [0, 0.05) is 33.6 Å². The summed E-state index contributed by atoms with van der Waals surface area (Å²) in [6.45, 7) is 0.977. The van der Waals surface area contributed by atoms with E-state index in [9.17, 15) is 19.8 Å². The second-order valence-electron chi connectivity index (χ2n) is 6.70. The number of aromatic amines is 1. The number of rotatable bonds is 4. The van der Waals surface area contributed by atoms with Crippen LogP contribution in [0.4, 0.5) is 0 Å². The fourth-order valence-corrected chi connectivity index (χ4v) is 3.65. The molecule has 2 amide bonds. The minimum atomic E-state index is -0.739. The van der Waals surface area contributed by atoms with Crippen molar-refractivity contribution in [3.63, 3.8) is 0 Å². The average Bonchev–Trinajstić information content (AvgIpc) is 3.44. The van der Waals surface area contributed by atoms with Crippen molar-refractivity contribution in [2.45, 2.75) is 25.5 Å². The molecule has 0 bridgehead atoms. The van der Waals surface area contributed by atoms with Crippen LogP contribution in [0.5, 0.6) is 11.8 Å². The maximum Gasteiger partial charge on any atom is 0.311 e. The predicted molar refractivity (Wildman–Crippen MR) is 106 cm³/mol. The van der Waals surface area contributed by atoms with Crippen LogP contribution in [-0.4, -0.2) is 44.3 Å². The Bertz CT molecular complexity index is 1130. The molecular weight excluding hydrogens is 444 g/mol. The number of hydrogen-bond acceptors (Lipinski definition) is 5. The van der Waals surface area contributed by atoms with Crippen LogP contribution < -0.4 is 0 Å². The van der Waals surface area contributed by atoms with Gasteiger partial charge >= 0.3 is 5.91 Å². The minimum absolute atomic E-state index is 0.0810. The molecule has 4 rings (SSSR count). The summed E-state index contributed by atoms with van der Waals surface area (Å²) in [5.74, 6) is -1.68. The molecule has 1 aliphatic rings. The number of halogens is 1. The van der Waals surface area contributed by atoms with E-state index in [2.05, 4.69) is 31.1 Å². The highest BCUT2D eigenvalue weighted by atomic mass is 79.9. The zero-order valence-corrected chi connectivity index (χ0v) is 16.7. The normalized spacial score (nSPS) is 16.8. The number of carbonyl (C=O) groups excluding carboxylic acids is 2. The summed E-state index contributed by atoms with van der Waals surface area (Å²) >= 11 is 3.21. The molecule has 2 aromatic heterocycles. The number of nitrogens with one attached hydrogen (secondary N) is 1. The Hall–Kier alpha value is -2.98. The molecule has 0 aliphatic carbocycles. The Morgan fingerprint density at radius 1 is 1.17 bits per heavy atom. The summed E-state index contributed by atoms with van der Waals surface area (Å²) in [6, 6.07) is 5.90. The van der Waals surface area contributed by atoms with Crippen molar-refractivity contribution in [2.24, 2.45) is 10.2 Å². The number of fused-ring (bicyclic) bond motifs is 1. The van der Waals surface area contributed by atoms with E-state index in [1.807, 2.05) is 0 Å². The van der Waals surface area contributed by atoms with Gasteiger partial charge < -0.3 is 19.9 Å². The monoisotopic (exact) mass is 460 g/mol. The largest absolute Gasteiger partial charge is 0.494 e. The van der Waals surface area contributed by atoms with E-state index in [0.717, 1.165) is 12.8 Å². The van der Waals surface area contributed by atoms with E-state index in [1.165, 1.54) is 28.8 Å². The highest BCUT2D eigenvalue weighted by Gasteiger charge is 2.23. The lowest BCUT2D eigenvalue weighted by atomic mass is 10.1. The molecule has 9 nitrogen and oxygen atoms in total. The van der Waals surface area contributed by atoms with Gasteiger partial charge in [0.2, 0.25) is 11.8 Å². The highest BCUT2D eigenvalue weighted by Crippen LogP contribution is 2.37. The summed E-state index contributed by atoms with van der Waals surface area (Å²) in [4.78, 5) is 26.9. The first-order chi connectivity index (χ1) is 13.9. The van der Waals surface area contributed by atoms with Gasteiger partial charge in [-0.3, -0.25) is 14.2 Å². The fourth-order valence-electron chi connectivity index (χ4n) is 3.31. The van der Waals surface area contributed by atoms with Gasteiger partial charge in [-0.05, 0) is 53.0 Å². The van der Waals surface area contributed by atoms with Crippen molar-refractivity contribution >= 4 is 38.5 Å². The highest BCUT2D eigenvalue weighted by molar-refractivity contribution is 9.10. The molecule has 1 aliphatic heterocycles. The van der Waals surface area contributed by atoms with Gasteiger partial charge in [0.1, 0.15) is 5.69 Å². The molecule has 3 heterocycles. The van der Waals surface area contributed by atoms with E-state index in [1.54, 1.807) is 6.20 Å². The van der Waals surface area contributed by atoms with Crippen LogP contribution in [0.2, 0.25) is 0 Å². The van der Waals surface area contributed by atoms with Gasteiger partial charge in [-0.2, -0.15) is 0 Å². The standard InChI is InChI=1S/C19H17BrN4O5/c20-11-7-15(21-8-11)17(26)23-22-16(25)10-3-4-13-14(6-10)19(28)24(18(13)27)9-12-2-1-5-29-12/h3-4,6-8,12,21,27-28H,1-2,5,9H2. The van der Waals surface area contributed by atoms with Crippen LogP contribution >= 0.6 is 15.9 Å². The first-order valence-corrected chi connectivity index (χ1v) is 9.73. The van der Waals surface area contributed by atoms with Crippen molar-refractivity contribution in [2.75, 3.05) is 6.61 Å². The molecule has 1 unspecified atom stereocenters. The molecule has 150 valence electrons. The van der Waals surface area contributed by atoms with E-state index in [-0.39, 0.29) is 29.1 Å². The van der Waals surface area contributed by atoms with Crippen LogP contribution in [0.3, 0.4) is 0 Å². The van der Waals surface area contributed by atoms with E-state index < -0.39 is 11.8 Å². The van der Waals surface area contributed by atoms with E-state index in [0.29, 0.717) is 28.4 Å². The van der Waals surface area contributed by atoms with Crippen LogP contribution in [-0.2, 0) is 11.3 Å². The first-order valence-electron chi connectivity index (χ1n) is 8.94. The topological polar surface area (TPSA) is 129 Å². The van der Waals surface area contributed by atoms with Crippen molar-refractivity contribution < 1.29 is 24.5 Å². The third-order valence-corrected chi connectivity index (χ3v) is 5.24. The molecule has 29 heavy (non-hydrogen) atoms. The molecule has 1 fully saturated rings. The van der Waals surface area contributed by atoms with Crippen molar-refractivity contribution in [3.8, 4) is 11.8 Å². The molecule has 0 saturated carbocycles. The van der Waals surface area contributed by atoms with Crippen molar-refractivity contribution in [3.05, 3.63) is 46.2 Å². The summed E-state index contributed by atoms with van der Waals surface area (Å²) in [5, 5.41) is 28.6. The molecule has 10 heteroatoms. The number of azo groups is 1. The van der Waals surface area contributed by atoms with Crippen molar-refractivity contribution in [1.82, 2.24) is 9.55 Å². The average molecular weight is 461 g/mol. The van der Waals surface area contributed by atoms with Gasteiger partial charge in [-0.15, -0.1) is 10.2 Å². The third kappa shape index (κ3) is 3.81. The molecule has 3 aromatic rings. The van der Waals surface area contributed by atoms with Crippen LogP contribution in [0, 0.1) is 0 Å². The predicted octanol–water partition coefficient (Wildman–Crippen LogP) is 3.75. The molecule has 0 radical (unpaired) electrons. The maximum absolute atomic E-state index is 12.3. The lowest BCUT2D eigenvalue weighted by molar-refractivity contribution is 0.0930. The zero-order valence-electron chi connectivity index (χ0n) is 15.1. The number of carbonyl (C=O) groups is 2. The Kier molecular flexibility index (Phi) is 5.20. The second kappa shape index (κ2) is 7.80. The number of aromatic nitrogens is 2. The molecule has 1 aromatic carbocycles. The number of ether oxygens (including phenoxy) is 1. The van der Waals surface area contributed by atoms with Gasteiger partial charge in [0.05, 0.1) is 12.6 Å². The summed E-state index contributed by atoms with van der Waals surface area (Å²) in [5.41, 5.74) is 0.323. The molecule has 3 N–H and O–H groups in total.